The van der Waals surface area contributed by atoms with Crippen LogP contribution in [0, 0.1) is 6.92 Å². The highest BCUT2D eigenvalue weighted by Gasteiger charge is 2.05. The molecule has 88 valence electrons. The normalized spacial score (nSPS) is 10.1. The summed E-state index contributed by atoms with van der Waals surface area (Å²) in [4.78, 5) is 4.03. The molecule has 1 aromatic heterocycles. The van der Waals surface area contributed by atoms with Gasteiger partial charge in [0.05, 0.1) is 23.0 Å². The number of ether oxygens (including phenoxy) is 1. The third-order valence-corrected chi connectivity index (χ3v) is 3.03. The fourth-order valence-corrected chi connectivity index (χ4v) is 1.89. The molecule has 0 saturated carbocycles. The van der Waals surface area contributed by atoms with E-state index in [0.29, 0.717) is 0 Å². The molecule has 0 bridgehead atoms. The van der Waals surface area contributed by atoms with Gasteiger partial charge in [0.15, 0.2) is 0 Å². The number of nitrogens with zero attached hydrogens (tertiary/aromatic N) is 1. The number of rotatable bonds is 3. The quantitative estimate of drug-likeness (QED) is 0.931. The second kappa shape index (κ2) is 5.19. The van der Waals surface area contributed by atoms with Gasteiger partial charge in [-0.15, -0.1) is 0 Å². The van der Waals surface area contributed by atoms with E-state index >= 15 is 0 Å². The number of hydrogen-bond donors (Lipinski definition) is 1. The first kappa shape index (κ1) is 11.9. The molecule has 1 N–H and O–H groups in total. The second-order valence-corrected chi connectivity index (χ2v) is 4.54. The molecule has 0 saturated heterocycles. The van der Waals surface area contributed by atoms with E-state index in [2.05, 4.69) is 26.2 Å². The Kier molecular flexibility index (Phi) is 3.64. The van der Waals surface area contributed by atoms with Gasteiger partial charge in [0.2, 0.25) is 0 Å². The Balaban J connectivity index is 2.35. The second-order valence-electron chi connectivity index (χ2n) is 3.68. The van der Waals surface area contributed by atoms with Gasteiger partial charge in [0.1, 0.15) is 5.75 Å². The van der Waals surface area contributed by atoms with E-state index in [1.807, 2.05) is 31.2 Å². The maximum atomic E-state index is 5.32. The highest BCUT2D eigenvalue weighted by Crippen LogP contribution is 2.31. The van der Waals surface area contributed by atoms with Gasteiger partial charge >= 0.3 is 0 Å². The van der Waals surface area contributed by atoms with Crippen LogP contribution in [-0.2, 0) is 0 Å². The average Bonchev–Trinajstić information content (AvgIpc) is 2.32. The van der Waals surface area contributed by atoms with Crippen LogP contribution in [0.5, 0.6) is 5.75 Å². The summed E-state index contributed by atoms with van der Waals surface area (Å²) in [7, 11) is 1.66. The van der Waals surface area contributed by atoms with Crippen LogP contribution < -0.4 is 10.1 Å². The highest BCUT2D eigenvalue weighted by atomic mass is 79.9. The van der Waals surface area contributed by atoms with Gasteiger partial charge in [0.25, 0.3) is 0 Å². The Morgan fingerprint density at radius 2 is 2.06 bits per heavy atom. The minimum Gasteiger partial charge on any atom is -0.495 e. The lowest BCUT2D eigenvalue weighted by molar-refractivity contribution is 0.416. The number of benzene rings is 1. The summed E-state index contributed by atoms with van der Waals surface area (Å²) in [6.45, 7) is 2.05. The Hall–Kier alpha value is -1.55. The molecule has 0 fully saturated rings. The van der Waals surface area contributed by atoms with Crippen LogP contribution >= 0.6 is 15.9 Å². The van der Waals surface area contributed by atoms with E-state index in [1.54, 1.807) is 19.5 Å². The van der Waals surface area contributed by atoms with Gasteiger partial charge in [-0.05, 0) is 46.6 Å². The van der Waals surface area contributed by atoms with Crippen LogP contribution in [0.1, 0.15) is 5.56 Å². The molecule has 2 aromatic rings. The molecule has 1 aromatic carbocycles. The summed E-state index contributed by atoms with van der Waals surface area (Å²) in [6, 6.07) is 7.93. The van der Waals surface area contributed by atoms with Gasteiger partial charge in [-0.1, -0.05) is 6.07 Å². The smallest absolute Gasteiger partial charge is 0.142 e. The monoisotopic (exact) mass is 292 g/mol. The minimum atomic E-state index is 0.819. The van der Waals surface area contributed by atoms with Crippen LogP contribution in [0.3, 0.4) is 0 Å². The number of pyridine rings is 1. The molecule has 4 heteroatoms. The van der Waals surface area contributed by atoms with Crippen molar-refractivity contribution in [2.24, 2.45) is 0 Å². The maximum absolute atomic E-state index is 5.32. The van der Waals surface area contributed by atoms with E-state index < -0.39 is 0 Å². The molecule has 0 unspecified atom stereocenters. The number of aromatic nitrogens is 1. The molecule has 0 aliphatic heterocycles. The summed E-state index contributed by atoms with van der Waals surface area (Å²) in [5, 5.41) is 3.32. The maximum Gasteiger partial charge on any atom is 0.142 e. The minimum absolute atomic E-state index is 0.819. The lowest BCUT2D eigenvalue weighted by Gasteiger charge is -2.12. The highest BCUT2D eigenvalue weighted by molar-refractivity contribution is 9.10. The van der Waals surface area contributed by atoms with Crippen molar-refractivity contribution in [3.63, 3.8) is 0 Å². The van der Waals surface area contributed by atoms with Crippen LogP contribution in [0.2, 0.25) is 0 Å². The summed E-state index contributed by atoms with van der Waals surface area (Å²) in [6.07, 6.45) is 3.50. The van der Waals surface area contributed by atoms with Gasteiger partial charge in [-0.2, -0.15) is 0 Å². The fraction of sp³-hybridized carbons (Fsp3) is 0.154. The number of methoxy groups -OCH3 is 1. The van der Waals surface area contributed by atoms with Gasteiger partial charge < -0.3 is 10.1 Å². The molecule has 0 spiro atoms. The Labute approximate surface area is 109 Å². The molecule has 0 aliphatic carbocycles. The average molecular weight is 293 g/mol. The number of aryl methyl sites for hydroxylation is 1. The molecule has 3 nitrogen and oxygen atoms in total. The van der Waals surface area contributed by atoms with Crippen molar-refractivity contribution in [3.05, 3.63) is 46.7 Å². The van der Waals surface area contributed by atoms with Gasteiger partial charge in [-0.3, -0.25) is 4.98 Å². The van der Waals surface area contributed by atoms with Crippen LogP contribution in [0.15, 0.2) is 41.1 Å². The van der Waals surface area contributed by atoms with Crippen molar-refractivity contribution in [1.29, 1.82) is 0 Å². The van der Waals surface area contributed by atoms with Crippen molar-refractivity contribution in [2.75, 3.05) is 12.4 Å². The summed E-state index contributed by atoms with van der Waals surface area (Å²) < 4.78 is 6.24. The zero-order valence-corrected chi connectivity index (χ0v) is 11.3. The van der Waals surface area contributed by atoms with Crippen molar-refractivity contribution >= 4 is 27.3 Å². The molecular weight excluding hydrogens is 280 g/mol. The van der Waals surface area contributed by atoms with Crippen molar-refractivity contribution in [2.45, 2.75) is 6.92 Å². The third-order valence-electron chi connectivity index (χ3n) is 2.40. The van der Waals surface area contributed by atoms with Crippen LogP contribution in [0.25, 0.3) is 0 Å². The standard InChI is InChI=1S/C13H13BrN2O/c1-9-3-4-13(17-2)12(7-9)16-11-5-6-15-8-10(11)14/h3-8H,1-2H3,(H,15,16). The van der Waals surface area contributed by atoms with E-state index in [1.165, 1.54) is 5.56 Å². The number of nitrogens with one attached hydrogen (secondary N) is 1. The topological polar surface area (TPSA) is 34.1 Å². The number of hydrogen-bond acceptors (Lipinski definition) is 3. The first-order valence-electron chi connectivity index (χ1n) is 5.22. The van der Waals surface area contributed by atoms with E-state index in [9.17, 15) is 0 Å². The Morgan fingerprint density at radius 1 is 1.24 bits per heavy atom. The van der Waals surface area contributed by atoms with Crippen molar-refractivity contribution < 1.29 is 4.74 Å². The van der Waals surface area contributed by atoms with E-state index in [0.717, 1.165) is 21.6 Å². The number of anilines is 2. The first-order chi connectivity index (χ1) is 8.20. The van der Waals surface area contributed by atoms with Gasteiger partial charge in [0, 0.05) is 12.4 Å². The molecule has 17 heavy (non-hydrogen) atoms. The summed E-state index contributed by atoms with van der Waals surface area (Å²) in [5.41, 5.74) is 3.08. The van der Waals surface area contributed by atoms with E-state index in [-0.39, 0.29) is 0 Å². The molecule has 0 amide bonds. The van der Waals surface area contributed by atoms with Crippen molar-refractivity contribution in [1.82, 2.24) is 4.98 Å². The predicted octanol–water partition coefficient (Wildman–Crippen LogP) is 3.90. The molecule has 2 rings (SSSR count). The molecule has 0 atom stereocenters. The van der Waals surface area contributed by atoms with Crippen LogP contribution in [-0.4, -0.2) is 12.1 Å². The summed E-state index contributed by atoms with van der Waals surface area (Å²) >= 11 is 3.45. The van der Waals surface area contributed by atoms with Gasteiger partial charge in [-0.25, -0.2) is 0 Å². The van der Waals surface area contributed by atoms with Crippen LogP contribution in [0.4, 0.5) is 11.4 Å². The Morgan fingerprint density at radius 3 is 2.76 bits per heavy atom. The zero-order valence-electron chi connectivity index (χ0n) is 9.70. The molecular formula is C13H13BrN2O. The Bertz CT molecular complexity index is 529. The molecule has 0 radical (unpaired) electrons. The van der Waals surface area contributed by atoms with E-state index in [4.69, 9.17) is 4.74 Å². The molecule has 1 heterocycles. The fourth-order valence-electron chi connectivity index (χ4n) is 1.54. The molecule has 0 aliphatic rings. The summed E-state index contributed by atoms with van der Waals surface area (Å²) in [5.74, 6) is 0.819. The largest absolute Gasteiger partial charge is 0.495 e. The zero-order chi connectivity index (χ0) is 12.3. The number of halogens is 1. The predicted molar refractivity (Wildman–Crippen MR) is 73.0 cm³/mol. The lowest BCUT2D eigenvalue weighted by atomic mass is 10.2. The SMILES string of the molecule is COc1ccc(C)cc1Nc1ccncc1Br. The first-order valence-corrected chi connectivity index (χ1v) is 6.01. The lowest BCUT2D eigenvalue weighted by Crippen LogP contribution is -1.96. The van der Waals surface area contributed by atoms with Crippen molar-refractivity contribution in [3.8, 4) is 5.75 Å². The third kappa shape index (κ3) is 2.77.